The summed E-state index contributed by atoms with van der Waals surface area (Å²) in [5, 5.41) is 12.1. The smallest absolute Gasteiger partial charge is 0.240 e. The second-order valence-electron chi connectivity index (χ2n) is 3.09. The highest BCUT2D eigenvalue weighted by Gasteiger charge is 2.23. The summed E-state index contributed by atoms with van der Waals surface area (Å²) in [6.45, 7) is 0. The molecule has 0 unspecified atom stereocenters. The van der Waals surface area contributed by atoms with Crippen molar-refractivity contribution in [2.45, 2.75) is 25.7 Å². The Morgan fingerprint density at radius 1 is 1.58 bits per heavy atom. The average molecular weight is 163 g/mol. The van der Waals surface area contributed by atoms with Crippen LogP contribution in [0.5, 0.6) is 0 Å². The first-order valence-corrected chi connectivity index (χ1v) is 4.07. The maximum Gasteiger partial charge on any atom is 0.240 e. The van der Waals surface area contributed by atoms with Gasteiger partial charge in [0, 0.05) is 6.42 Å². The fourth-order valence-corrected chi connectivity index (χ4v) is 1.09. The van der Waals surface area contributed by atoms with E-state index in [4.69, 9.17) is 9.78 Å². The van der Waals surface area contributed by atoms with Gasteiger partial charge in [-0.3, -0.25) is 0 Å². The number of hydrogen-bond donors (Lipinski definition) is 0. The van der Waals surface area contributed by atoms with Gasteiger partial charge >= 0.3 is 0 Å². The molecule has 1 heterocycles. The van der Waals surface area contributed by atoms with Gasteiger partial charge in [0.15, 0.2) is 5.82 Å². The SMILES string of the molecule is N#CCc1nc(CC2CC2)no1. The van der Waals surface area contributed by atoms with Crippen LogP contribution in [-0.4, -0.2) is 10.1 Å². The van der Waals surface area contributed by atoms with E-state index in [1.165, 1.54) is 12.8 Å². The predicted molar refractivity (Wildman–Crippen MR) is 40.0 cm³/mol. The Hall–Kier alpha value is -1.37. The molecule has 0 atom stereocenters. The number of hydrogen-bond acceptors (Lipinski definition) is 4. The quantitative estimate of drug-likeness (QED) is 0.669. The zero-order valence-electron chi connectivity index (χ0n) is 6.66. The highest BCUT2D eigenvalue weighted by atomic mass is 16.5. The molecule has 4 heteroatoms. The van der Waals surface area contributed by atoms with Crippen LogP contribution in [0.2, 0.25) is 0 Å². The number of nitrogens with zero attached hydrogens (tertiary/aromatic N) is 3. The van der Waals surface area contributed by atoms with E-state index >= 15 is 0 Å². The molecule has 4 nitrogen and oxygen atoms in total. The molecule has 0 aromatic carbocycles. The van der Waals surface area contributed by atoms with Crippen molar-refractivity contribution in [2.24, 2.45) is 5.92 Å². The number of nitriles is 1. The van der Waals surface area contributed by atoms with Gasteiger partial charge in [0.1, 0.15) is 6.42 Å². The third-order valence-corrected chi connectivity index (χ3v) is 1.91. The van der Waals surface area contributed by atoms with Crippen molar-refractivity contribution in [3.63, 3.8) is 0 Å². The molecule has 0 spiro atoms. The largest absolute Gasteiger partial charge is 0.338 e. The van der Waals surface area contributed by atoms with Crippen molar-refractivity contribution in [1.29, 1.82) is 5.26 Å². The maximum absolute atomic E-state index is 8.35. The van der Waals surface area contributed by atoms with Crippen LogP contribution < -0.4 is 0 Å². The molecule has 2 rings (SSSR count). The van der Waals surface area contributed by atoms with Gasteiger partial charge < -0.3 is 4.52 Å². The summed E-state index contributed by atoms with van der Waals surface area (Å²) in [4.78, 5) is 4.08. The maximum atomic E-state index is 8.35. The van der Waals surface area contributed by atoms with E-state index < -0.39 is 0 Å². The first-order chi connectivity index (χ1) is 5.88. The minimum absolute atomic E-state index is 0.220. The Morgan fingerprint density at radius 3 is 3.08 bits per heavy atom. The molecule has 0 radical (unpaired) electrons. The van der Waals surface area contributed by atoms with Crippen LogP contribution in [0.3, 0.4) is 0 Å². The van der Waals surface area contributed by atoms with Crippen molar-refractivity contribution in [1.82, 2.24) is 10.1 Å². The van der Waals surface area contributed by atoms with Crippen LogP contribution in [0.4, 0.5) is 0 Å². The lowest BCUT2D eigenvalue weighted by molar-refractivity contribution is 0.380. The highest BCUT2D eigenvalue weighted by Crippen LogP contribution is 2.31. The zero-order chi connectivity index (χ0) is 8.39. The van der Waals surface area contributed by atoms with E-state index in [0.717, 1.165) is 18.2 Å². The molecular weight excluding hydrogens is 154 g/mol. The second kappa shape index (κ2) is 2.94. The van der Waals surface area contributed by atoms with Crippen LogP contribution in [0.1, 0.15) is 24.6 Å². The molecule has 0 N–H and O–H groups in total. The van der Waals surface area contributed by atoms with Gasteiger partial charge in [-0.25, -0.2) is 0 Å². The monoisotopic (exact) mass is 163 g/mol. The van der Waals surface area contributed by atoms with Gasteiger partial charge in [-0.1, -0.05) is 5.16 Å². The molecule has 0 aliphatic heterocycles. The lowest BCUT2D eigenvalue weighted by atomic mass is 10.3. The van der Waals surface area contributed by atoms with Gasteiger partial charge in [-0.2, -0.15) is 10.2 Å². The number of rotatable bonds is 3. The topological polar surface area (TPSA) is 62.7 Å². The lowest BCUT2D eigenvalue weighted by Crippen LogP contribution is -1.90. The summed E-state index contributed by atoms with van der Waals surface area (Å²) in [5.74, 6) is 1.95. The second-order valence-corrected chi connectivity index (χ2v) is 3.09. The highest BCUT2D eigenvalue weighted by molar-refractivity contribution is 4.95. The third kappa shape index (κ3) is 1.62. The molecule has 0 bridgehead atoms. The van der Waals surface area contributed by atoms with Gasteiger partial charge in [0.25, 0.3) is 0 Å². The van der Waals surface area contributed by atoms with E-state index in [-0.39, 0.29) is 6.42 Å². The molecular formula is C8H9N3O. The summed E-state index contributed by atoms with van der Waals surface area (Å²) in [7, 11) is 0. The molecule has 62 valence electrons. The van der Waals surface area contributed by atoms with Crippen molar-refractivity contribution in [3.8, 4) is 6.07 Å². The molecule has 1 aliphatic carbocycles. The molecule has 12 heavy (non-hydrogen) atoms. The normalized spacial score (nSPS) is 15.9. The number of aromatic nitrogens is 2. The van der Waals surface area contributed by atoms with Gasteiger partial charge in [0.05, 0.1) is 6.07 Å². The Labute approximate surface area is 70.2 Å². The van der Waals surface area contributed by atoms with Crippen molar-refractivity contribution < 1.29 is 4.52 Å². The van der Waals surface area contributed by atoms with E-state index in [9.17, 15) is 0 Å². The Balaban J connectivity index is 1.98. The van der Waals surface area contributed by atoms with Gasteiger partial charge in [0.2, 0.25) is 5.89 Å². The Morgan fingerprint density at radius 2 is 2.42 bits per heavy atom. The van der Waals surface area contributed by atoms with Crippen LogP contribution in [-0.2, 0) is 12.8 Å². The first-order valence-electron chi connectivity index (χ1n) is 4.07. The van der Waals surface area contributed by atoms with Crippen molar-refractivity contribution >= 4 is 0 Å². The summed E-state index contributed by atoms with van der Waals surface area (Å²) in [6.07, 6.45) is 3.69. The van der Waals surface area contributed by atoms with Crippen molar-refractivity contribution in [3.05, 3.63) is 11.7 Å². The average Bonchev–Trinajstić information content (AvgIpc) is 2.74. The lowest BCUT2D eigenvalue weighted by Gasteiger charge is -1.84. The van der Waals surface area contributed by atoms with Crippen LogP contribution >= 0.6 is 0 Å². The summed E-state index contributed by atoms with van der Waals surface area (Å²) < 4.78 is 4.85. The summed E-state index contributed by atoms with van der Waals surface area (Å²) in [5.41, 5.74) is 0. The van der Waals surface area contributed by atoms with E-state index in [1.54, 1.807) is 0 Å². The Kier molecular flexibility index (Phi) is 1.78. The van der Waals surface area contributed by atoms with E-state index in [1.807, 2.05) is 6.07 Å². The van der Waals surface area contributed by atoms with Crippen LogP contribution in [0.25, 0.3) is 0 Å². The first kappa shape index (κ1) is 7.29. The van der Waals surface area contributed by atoms with Crippen molar-refractivity contribution in [2.75, 3.05) is 0 Å². The van der Waals surface area contributed by atoms with Crippen LogP contribution in [0.15, 0.2) is 4.52 Å². The fraction of sp³-hybridized carbons (Fsp3) is 0.625. The predicted octanol–water partition coefficient (Wildman–Crippen LogP) is 1.09. The third-order valence-electron chi connectivity index (χ3n) is 1.91. The molecule has 0 amide bonds. The van der Waals surface area contributed by atoms with Gasteiger partial charge in [-0.15, -0.1) is 0 Å². The Bertz CT molecular complexity index is 308. The molecule has 1 aromatic rings. The van der Waals surface area contributed by atoms with Crippen LogP contribution in [0, 0.1) is 17.2 Å². The molecule has 1 fully saturated rings. The molecule has 0 saturated heterocycles. The minimum Gasteiger partial charge on any atom is -0.338 e. The molecule has 1 aliphatic rings. The minimum atomic E-state index is 0.220. The van der Waals surface area contributed by atoms with E-state index in [2.05, 4.69) is 10.1 Å². The standard InChI is InChI=1S/C8H9N3O/c9-4-3-8-10-7(11-12-8)5-6-1-2-6/h6H,1-3,5H2. The summed E-state index contributed by atoms with van der Waals surface area (Å²) in [6, 6.07) is 1.97. The fourth-order valence-electron chi connectivity index (χ4n) is 1.09. The van der Waals surface area contributed by atoms with E-state index in [0.29, 0.717) is 5.89 Å². The zero-order valence-corrected chi connectivity index (χ0v) is 6.66. The van der Waals surface area contributed by atoms with Gasteiger partial charge in [-0.05, 0) is 18.8 Å². The summed E-state index contributed by atoms with van der Waals surface area (Å²) >= 11 is 0. The molecule has 1 saturated carbocycles. The molecule has 1 aromatic heterocycles.